The average molecular weight is 242 g/mol. The summed E-state index contributed by atoms with van der Waals surface area (Å²) in [6.45, 7) is 1.89. The van der Waals surface area contributed by atoms with Gasteiger partial charge in [0, 0.05) is 5.56 Å². The van der Waals surface area contributed by atoms with Crippen LogP contribution in [0.4, 0.5) is 0 Å². The Labute approximate surface area is 106 Å². The van der Waals surface area contributed by atoms with E-state index in [2.05, 4.69) is 0 Å². The molecule has 2 rings (SSSR count). The Hall–Kier alpha value is -2.29. The molecule has 0 amide bonds. The maximum atomic E-state index is 11.3. The molecule has 0 saturated carbocycles. The van der Waals surface area contributed by atoms with Gasteiger partial charge in [-0.1, -0.05) is 48.5 Å². The fourth-order valence-electron chi connectivity index (χ4n) is 1.70. The van der Waals surface area contributed by atoms with Gasteiger partial charge in [-0.3, -0.25) is 0 Å². The van der Waals surface area contributed by atoms with Gasteiger partial charge in [0.2, 0.25) is 6.10 Å². The fraction of sp³-hybridized carbons (Fsp3) is 0.133. The molecule has 0 aliphatic carbocycles. The monoisotopic (exact) mass is 242 g/mol. The largest absolute Gasteiger partial charge is 0.478 e. The molecule has 0 aliphatic rings. The molecule has 0 saturated heterocycles. The first kappa shape index (κ1) is 12.2. The summed E-state index contributed by atoms with van der Waals surface area (Å²) in [5.41, 5.74) is 1.55. The van der Waals surface area contributed by atoms with Crippen LogP contribution in [-0.4, -0.2) is 11.1 Å². The highest BCUT2D eigenvalue weighted by Crippen LogP contribution is 2.24. The fourth-order valence-corrected chi connectivity index (χ4v) is 1.70. The van der Waals surface area contributed by atoms with Crippen molar-refractivity contribution in [1.82, 2.24) is 0 Å². The van der Waals surface area contributed by atoms with Crippen molar-refractivity contribution >= 4 is 5.97 Å². The number of carboxylic acid groups (broad SMARTS) is 1. The van der Waals surface area contributed by atoms with Crippen LogP contribution in [0, 0.1) is 6.92 Å². The predicted octanol–water partition coefficient (Wildman–Crippen LogP) is 3.20. The van der Waals surface area contributed by atoms with E-state index >= 15 is 0 Å². The quantitative estimate of drug-likeness (QED) is 0.895. The molecule has 3 heteroatoms. The predicted molar refractivity (Wildman–Crippen MR) is 68.6 cm³/mol. The highest BCUT2D eigenvalue weighted by Gasteiger charge is 2.21. The molecule has 0 radical (unpaired) electrons. The summed E-state index contributed by atoms with van der Waals surface area (Å²) in [7, 11) is 0. The summed E-state index contributed by atoms with van der Waals surface area (Å²) in [5.74, 6) is -0.404. The summed E-state index contributed by atoms with van der Waals surface area (Å²) >= 11 is 0. The van der Waals surface area contributed by atoms with E-state index in [1.165, 1.54) is 0 Å². The van der Waals surface area contributed by atoms with E-state index in [9.17, 15) is 9.90 Å². The lowest BCUT2D eigenvalue weighted by Crippen LogP contribution is -2.18. The molecule has 0 aliphatic heterocycles. The normalized spacial score (nSPS) is 11.8. The molecule has 1 atom stereocenters. The van der Waals surface area contributed by atoms with Gasteiger partial charge in [0.25, 0.3) is 0 Å². The van der Waals surface area contributed by atoms with E-state index in [0.717, 1.165) is 5.56 Å². The zero-order valence-electron chi connectivity index (χ0n) is 10.0. The lowest BCUT2D eigenvalue weighted by molar-refractivity contribution is -0.145. The second kappa shape index (κ2) is 5.36. The van der Waals surface area contributed by atoms with Crippen LogP contribution in [0.15, 0.2) is 54.6 Å². The summed E-state index contributed by atoms with van der Waals surface area (Å²) in [6, 6.07) is 16.3. The minimum absolute atomic E-state index is 0.591. The molecule has 0 bridgehead atoms. The van der Waals surface area contributed by atoms with Crippen LogP contribution >= 0.6 is 0 Å². The Morgan fingerprint density at radius 1 is 1.06 bits per heavy atom. The van der Waals surface area contributed by atoms with Gasteiger partial charge in [0.1, 0.15) is 5.75 Å². The summed E-state index contributed by atoms with van der Waals surface area (Å²) in [6.07, 6.45) is -0.979. The molecule has 3 nitrogen and oxygen atoms in total. The third-order valence-corrected chi connectivity index (χ3v) is 2.67. The number of hydrogen-bond donors (Lipinski definition) is 1. The van der Waals surface area contributed by atoms with E-state index in [-0.39, 0.29) is 0 Å². The average Bonchev–Trinajstić information content (AvgIpc) is 2.38. The molecule has 2 aromatic rings. The van der Waals surface area contributed by atoms with Gasteiger partial charge >= 0.3 is 5.97 Å². The maximum Gasteiger partial charge on any atom is 0.349 e. The number of rotatable bonds is 4. The van der Waals surface area contributed by atoms with E-state index in [1.807, 2.05) is 31.2 Å². The lowest BCUT2D eigenvalue weighted by atomic mass is 10.1. The first-order valence-corrected chi connectivity index (χ1v) is 5.68. The van der Waals surface area contributed by atoms with Crippen LogP contribution in [0.3, 0.4) is 0 Å². The number of hydrogen-bond acceptors (Lipinski definition) is 2. The SMILES string of the molecule is Cc1ccccc1O[C@H](C(=O)O)c1ccccc1. The first-order valence-electron chi connectivity index (χ1n) is 5.68. The number of ether oxygens (including phenoxy) is 1. The number of carboxylic acids is 1. The van der Waals surface area contributed by atoms with Crippen LogP contribution < -0.4 is 4.74 Å². The van der Waals surface area contributed by atoms with Crippen molar-refractivity contribution in [2.24, 2.45) is 0 Å². The molecule has 0 fully saturated rings. The highest BCUT2D eigenvalue weighted by molar-refractivity contribution is 5.74. The number of aryl methyl sites for hydroxylation is 1. The van der Waals surface area contributed by atoms with Gasteiger partial charge in [-0.15, -0.1) is 0 Å². The van der Waals surface area contributed by atoms with E-state index < -0.39 is 12.1 Å². The van der Waals surface area contributed by atoms with Crippen molar-refractivity contribution in [3.63, 3.8) is 0 Å². The van der Waals surface area contributed by atoms with Gasteiger partial charge in [-0.05, 0) is 18.6 Å². The third-order valence-electron chi connectivity index (χ3n) is 2.67. The smallest absolute Gasteiger partial charge is 0.349 e. The van der Waals surface area contributed by atoms with Crippen molar-refractivity contribution in [3.05, 3.63) is 65.7 Å². The Morgan fingerprint density at radius 2 is 1.67 bits per heavy atom. The van der Waals surface area contributed by atoms with Crippen molar-refractivity contribution in [2.75, 3.05) is 0 Å². The number of carbonyl (C=O) groups is 1. The number of para-hydroxylation sites is 1. The van der Waals surface area contributed by atoms with Gasteiger partial charge in [-0.2, -0.15) is 0 Å². The Kier molecular flexibility index (Phi) is 3.63. The zero-order chi connectivity index (χ0) is 13.0. The number of aliphatic carboxylic acids is 1. The van der Waals surface area contributed by atoms with Gasteiger partial charge in [0.05, 0.1) is 0 Å². The highest BCUT2D eigenvalue weighted by atomic mass is 16.5. The molecule has 0 unspecified atom stereocenters. The van der Waals surface area contributed by atoms with Crippen molar-refractivity contribution in [3.8, 4) is 5.75 Å². The number of benzene rings is 2. The lowest BCUT2D eigenvalue weighted by Gasteiger charge is -2.16. The molecule has 2 aromatic carbocycles. The Balaban J connectivity index is 2.28. The minimum atomic E-state index is -0.996. The van der Waals surface area contributed by atoms with Crippen LogP contribution in [0.2, 0.25) is 0 Å². The Bertz CT molecular complexity index is 534. The molecule has 1 N–H and O–H groups in total. The van der Waals surface area contributed by atoms with E-state index in [4.69, 9.17) is 4.74 Å². The summed E-state index contributed by atoms with van der Waals surface area (Å²) in [5, 5.41) is 9.25. The standard InChI is InChI=1S/C15H14O3/c1-11-7-5-6-10-13(11)18-14(15(16)17)12-8-3-2-4-9-12/h2-10,14H,1H3,(H,16,17)/t14-/m0/s1. The van der Waals surface area contributed by atoms with Crippen LogP contribution in [0.1, 0.15) is 17.2 Å². The minimum Gasteiger partial charge on any atom is -0.478 e. The molecule has 0 spiro atoms. The van der Waals surface area contributed by atoms with Gasteiger partial charge in [-0.25, -0.2) is 4.79 Å². The van der Waals surface area contributed by atoms with E-state index in [1.54, 1.807) is 30.3 Å². The molecule has 0 aromatic heterocycles. The molecular formula is C15H14O3. The van der Waals surface area contributed by atoms with Crippen molar-refractivity contribution < 1.29 is 14.6 Å². The van der Waals surface area contributed by atoms with Crippen molar-refractivity contribution in [2.45, 2.75) is 13.0 Å². The van der Waals surface area contributed by atoms with Crippen molar-refractivity contribution in [1.29, 1.82) is 0 Å². The maximum absolute atomic E-state index is 11.3. The first-order chi connectivity index (χ1) is 8.68. The summed E-state index contributed by atoms with van der Waals surface area (Å²) < 4.78 is 5.59. The zero-order valence-corrected chi connectivity index (χ0v) is 10.0. The van der Waals surface area contributed by atoms with E-state index in [0.29, 0.717) is 11.3 Å². The molecular weight excluding hydrogens is 228 g/mol. The van der Waals surface area contributed by atoms with Crippen LogP contribution in [0.5, 0.6) is 5.75 Å². The molecule has 92 valence electrons. The van der Waals surface area contributed by atoms with Gasteiger partial charge < -0.3 is 9.84 Å². The topological polar surface area (TPSA) is 46.5 Å². The molecule has 18 heavy (non-hydrogen) atoms. The van der Waals surface area contributed by atoms with Crippen LogP contribution in [-0.2, 0) is 4.79 Å². The third kappa shape index (κ3) is 2.69. The second-order valence-electron chi connectivity index (χ2n) is 4.01. The van der Waals surface area contributed by atoms with Gasteiger partial charge in [0.15, 0.2) is 0 Å². The summed E-state index contributed by atoms with van der Waals surface area (Å²) in [4.78, 5) is 11.3. The Morgan fingerprint density at radius 3 is 2.28 bits per heavy atom. The second-order valence-corrected chi connectivity index (χ2v) is 4.01. The molecule has 0 heterocycles. The van der Waals surface area contributed by atoms with Crippen LogP contribution in [0.25, 0.3) is 0 Å².